The minimum atomic E-state index is 0.0515. The van der Waals surface area contributed by atoms with Crippen LogP contribution in [0, 0.1) is 21.7 Å². The second kappa shape index (κ2) is 24.2. The zero-order valence-electron chi connectivity index (χ0n) is 28.2. The SMILES string of the molecule is CC(C)(CO)CCCCCOCCCCCC(C)(C)CO.CC(C)(CO)CCCCOCCCCC(C)(C)CO. The second-order valence-electron chi connectivity index (χ2n) is 15.0. The van der Waals surface area contributed by atoms with Gasteiger partial charge in [-0.2, -0.15) is 0 Å². The first-order valence-electron chi connectivity index (χ1n) is 16.2. The van der Waals surface area contributed by atoms with Crippen LogP contribution in [0.25, 0.3) is 0 Å². The van der Waals surface area contributed by atoms with Crippen LogP contribution in [0.1, 0.15) is 145 Å². The number of aliphatic hydroxyl groups excluding tert-OH is 4. The molecule has 0 unspecified atom stereocenters. The lowest BCUT2D eigenvalue weighted by Crippen LogP contribution is -2.16. The lowest BCUT2D eigenvalue weighted by molar-refractivity contribution is 0.107. The molecule has 0 amide bonds. The van der Waals surface area contributed by atoms with Crippen molar-refractivity contribution in [1.29, 1.82) is 0 Å². The van der Waals surface area contributed by atoms with E-state index in [2.05, 4.69) is 55.4 Å². The van der Waals surface area contributed by atoms with Crippen molar-refractivity contribution in [3.63, 3.8) is 0 Å². The van der Waals surface area contributed by atoms with Crippen LogP contribution in [0.3, 0.4) is 0 Å². The molecule has 0 aliphatic rings. The van der Waals surface area contributed by atoms with Crippen molar-refractivity contribution in [2.75, 3.05) is 52.9 Å². The van der Waals surface area contributed by atoms with Gasteiger partial charge in [-0.1, -0.05) is 93.9 Å². The van der Waals surface area contributed by atoms with E-state index in [1.165, 1.54) is 25.7 Å². The summed E-state index contributed by atoms with van der Waals surface area (Å²) in [7, 11) is 0. The molecule has 0 saturated carbocycles. The Morgan fingerprint density at radius 1 is 0.325 bits per heavy atom. The van der Waals surface area contributed by atoms with Crippen molar-refractivity contribution >= 4 is 0 Å². The zero-order valence-corrected chi connectivity index (χ0v) is 28.2. The fraction of sp³-hybridized carbons (Fsp3) is 1.00. The molecule has 0 atom stereocenters. The second-order valence-corrected chi connectivity index (χ2v) is 15.0. The van der Waals surface area contributed by atoms with Gasteiger partial charge in [0.2, 0.25) is 0 Å². The molecular formula is C34H72O6. The number of hydrogen-bond acceptors (Lipinski definition) is 6. The molecule has 0 aliphatic carbocycles. The van der Waals surface area contributed by atoms with E-state index in [4.69, 9.17) is 29.9 Å². The summed E-state index contributed by atoms with van der Waals surface area (Å²) < 4.78 is 11.3. The molecule has 0 aromatic rings. The van der Waals surface area contributed by atoms with E-state index in [1.54, 1.807) is 0 Å². The lowest BCUT2D eigenvalue weighted by Gasteiger charge is -2.21. The maximum Gasteiger partial charge on any atom is 0.0482 e. The fourth-order valence-electron chi connectivity index (χ4n) is 4.10. The summed E-state index contributed by atoms with van der Waals surface area (Å²) in [5.41, 5.74) is 0.248. The molecule has 0 aliphatic heterocycles. The number of hydrogen-bond donors (Lipinski definition) is 4. The molecule has 40 heavy (non-hydrogen) atoms. The molecule has 0 aromatic carbocycles. The summed E-state index contributed by atoms with van der Waals surface area (Å²) in [4.78, 5) is 0. The van der Waals surface area contributed by atoms with Gasteiger partial charge in [-0.15, -0.1) is 0 Å². The van der Waals surface area contributed by atoms with Gasteiger partial charge in [-0.3, -0.25) is 0 Å². The molecule has 6 nitrogen and oxygen atoms in total. The Morgan fingerprint density at radius 3 is 0.750 bits per heavy atom. The van der Waals surface area contributed by atoms with Crippen molar-refractivity contribution in [2.24, 2.45) is 21.7 Å². The van der Waals surface area contributed by atoms with Gasteiger partial charge >= 0.3 is 0 Å². The van der Waals surface area contributed by atoms with Gasteiger partial charge in [0.25, 0.3) is 0 Å². The predicted octanol–water partition coefficient (Wildman–Crippen LogP) is 7.54. The van der Waals surface area contributed by atoms with Gasteiger partial charge in [0.15, 0.2) is 0 Å². The highest BCUT2D eigenvalue weighted by Crippen LogP contribution is 2.24. The molecule has 244 valence electrons. The van der Waals surface area contributed by atoms with Crippen LogP contribution in [0.2, 0.25) is 0 Å². The Labute approximate surface area is 249 Å². The number of unbranched alkanes of at least 4 members (excludes halogenated alkanes) is 6. The number of rotatable bonds is 26. The first-order chi connectivity index (χ1) is 18.7. The summed E-state index contributed by atoms with van der Waals surface area (Å²) in [6.07, 6.45) is 15.6. The smallest absolute Gasteiger partial charge is 0.0482 e. The zero-order chi connectivity index (χ0) is 31.0. The van der Waals surface area contributed by atoms with Crippen LogP contribution >= 0.6 is 0 Å². The van der Waals surface area contributed by atoms with Gasteiger partial charge < -0.3 is 29.9 Å². The van der Waals surface area contributed by atoms with Crippen molar-refractivity contribution in [3.8, 4) is 0 Å². The molecule has 0 radical (unpaired) electrons. The quantitative estimate of drug-likeness (QED) is 0.0794. The third-order valence-electron chi connectivity index (χ3n) is 7.78. The van der Waals surface area contributed by atoms with Crippen LogP contribution in [-0.2, 0) is 9.47 Å². The van der Waals surface area contributed by atoms with Crippen LogP contribution in [0.5, 0.6) is 0 Å². The molecule has 0 fully saturated rings. The van der Waals surface area contributed by atoms with Crippen molar-refractivity contribution < 1.29 is 29.9 Å². The average Bonchev–Trinajstić information content (AvgIpc) is 2.91. The Kier molecular flexibility index (Phi) is 25.4. The summed E-state index contributed by atoms with van der Waals surface area (Å²) in [6, 6.07) is 0. The molecule has 0 heterocycles. The van der Waals surface area contributed by atoms with Crippen LogP contribution < -0.4 is 0 Å². The highest BCUT2D eigenvalue weighted by Gasteiger charge is 2.17. The highest BCUT2D eigenvalue weighted by atomic mass is 16.5. The molecule has 4 N–H and O–H groups in total. The van der Waals surface area contributed by atoms with Gasteiger partial charge in [0.1, 0.15) is 0 Å². The standard InChI is InChI=1S/C18H38O3.C16H34O3/c1-17(2,15-19)11-7-5-9-13-21-14-10-6-8-12-18(3,4)16-20;1-15(2,13-17)9-5-7-11-19-12-8-6-10-16(3,4)14-18/h19-20H,5-16H2,1-4H3;17-18H,5-14H2,1-4H3. The molecule has 0 bridgehead atoms. The Balaban J connectivity index is 0. The summed E-state index contributed by atoms with van der Waals surface area (Å²) in [5, 5.41) is 36.6. The summed E-state index contributed by atoms with van der Waals surface area (Å²) in [6.45, 7) is 21.3. The van der Waals surface area contributed by atoms with Crippen molar-refractivity contribution in [2.45, 2.75) is 145 Å². The van der Waals surface area contributed by atoms with E-state index >= 15 is 0 Å². The van der Waals surface area contributed by atoms with Crippen LogP contribution in [-0.4, -0.2) is 73.3 Å². The Hall–Kier alpha value is -0.240. The Bertz CT molecular complexity index is 499. The van der Waals surface area contributed by atoms with E-state index in [9.17, 15) is 0 Å². The Morgan fingerprint density at radius 2 is 0.525 bits per heavy atom. The third kappa shape index (κ3) is 29.3. The van der Waals surface area contributed by atoms with Crippen molar-refractivity contribution in [1.82, 2.24) is 0 Å². The number of ether oxygens (including phenoxy) is 2. The largest absolute Gasteiger partial charge is 0.396 e. The monoisotopic (exact) mass is 577 g/mol. The fourth-order valence-corrected chi connectivity index (χ4v) is 4.10. The molecular weight excluding hydrogens is 504 g/mol. The first kappa shape index (κ1) is 41.9. The first-order valence-corrected chi connectivity index (χ1v) is 16.2. The van der Waals surface area contributed by atoms with Gasteiger partial charge in [-0.05, 0) is 73.0 Å². The van der Waals surface area contributed by atoms with Crippen molar-refractivity contribution in [3.05, 3.63) is 0 Å². The predicted molar refractivity (Wildman–Crippen MR) is 170 cm³/mol. The van der Waals surface area contributed by atoms with Gasteiger partial charge in [-0.25, -0.2) is 0 Å². The minimum Gasteiger partial charge on any atom is -0.396 e. The van der Waals surface area contributed by atoms with E-state index < -0.39 is 0 Å². The third-order valence-corrected chi connectivity index (χ3v) is 7.78. The van der Waals surface area contributed by atoms with Gasteiger partial charge in [0.05, 0.1) is 0 Å². The number of aliphatic hydroxyl groups is 4. The average molecular weight is 577 g/mol. The highest BCUT2D eigenvalue weighted by molar-refractivity contribution is 4.68. The lowest BCUT2D eigenvalue weighted by atomic mass is 9.88. The van der Waals surface area contributed by atoms with E-state index in [0.717, 1.165) is 90.6 Å². The van der Waals surface area contributed by atoms with Crippen LogP contribution in [0.4, 0.5) is 0 Å². The minimum absolute atomic E-state index is 0.0515. The van der Waals surface area contributed by atoms with E-state index in [-0.39, 0.29) is 48.1 Å². The van der Waals surface area contributed by atoms with E-state index in [0.29, 0.717) is 0 Å². The van der Waals surface area contributed by atoms with Crippen LogP contribution in [0.15, 0.2) is 0 Å². The molecule has 0 rings (SSSR count). The normalized spacial score (nSPS) is 12.9. The maximum absolute atomic E-state index is 9.17. The van der Waals surface area contributed by atoms with E-state index in [1.807, 2.05) is 0 Å². The van der Waals surface area contributed by atoms with Gasteiger partial charge in [0, 0.05) is 52.9 Å². The molecule has 6 heteroatoms. The molecule has 0 spiro atoms. The summed E-state index contributed by atoms with van der Waals surface area (Å²) >= 11 is 0. The molecule has 0 aromatic heterocycles. The topological polar surface area (TPSA) is 99.4 Å². The summed E-state index contributed by atoms with van der Waals surface area (Å²) in [5.74, 6) is 0. The maximum atomic E-state index is 9.17. The molecule has 0 saturated heterocycles.